The lowest BCUT2D eigenvalue weighted by atomic mass is 9.94. The first kappa shape index (κ1) is 14.2. The van der Waals surface area contributed by atoms with Gasteiger partial charge < -0.3 is 0 Å². The summed E-state index contributed by atoms with van der Waals surface area (Å²) in [7, 11) is 0. The third-order valence-electron chi connectivity index (χ3n) is 3.17. The van der Waals surface area contributed by atoms with Crippen LogP contribution in [0.15, 0.2) is 40.9 Å². The van der Waals surface area contributed by atoms with Gasteiger partial charge in [0.25, 0.3) is 0 Å². The van der Waals surface area contributed by atoms with Crippen LogP contribution in [0.3, 0.4) is 0 Å². The van der Waals surface area contributed by atoms with E-state index in [1.54, 1.807) is 12.1 Å². The molecule has 4 heteroatoms. The van der Waals surface area contributed by atoms with Crippen molar-refractivity contribution in [1.82, 2.24) is 5.43 Å². The number of hydrazine groups is 1. The molecule has 0 bridgehead atoms. The van der Waals surface area contributed by atoms with Crippen LogP contribution in [0.1, 0.15) is 28.3 Å². The average Bonchev–Trinajstić information content (AvgIpc) is 2.36. The quantitative estimate of drug-likeness (QED) is 0.667. The number of rotatable bonds is 3. The maximum absolute atomic E-state index is 14.0. The van der Waals surface area contributed by atoms with Crippen LogP contribution >= 0.6 is 15.9 Å². The predicted molar refractivity (Wildman–Crippen MR) is 79.2 cm³/mol. The molecule has 3 N–H and O–H groups in total. The lowest BCUT2D eigenvalue weighted by Gasteiger charge is -2.20. The Labute approximate surface area is 120 Å². The molecule has 0 aliphatic carbocycles. The summed E-state index contributed by atoms with van der Waals surface area (Å²) in [4.78, 5) is 0. The normalized spacial score (nSPS) is 12.5. The molecule has 0 saturated carbocycles. The molecule has 0 spiro atoms. The number of hydrogen-bond acceptors (Lipinski definition) is 2. The van der Waals surface area contributed by atoms with Crippen LogP contribution < -0.4 is 11.3 Å². The maximum atomic E-state index is 14.0. The third kappa shape index (κ3) is 3.03. The molecule has 0 aliphatic rings. The Morgan fingerprint density at radius 1 is 1.11 bits per heavy atom. The molecule has 0 fully saturated rings. The molecule has 0 heterocycles. The Balaban J connectivity index is 2.52. The smallest absolute Gasteiger partial charge is 0.128 e. The van der Waals surface area contributed by atoms with Crippen molar-refractivity contribution in [1.29, 1.82) is 0 Å². The lowest BCUT2D eigenvalue weighted by molar-refractivity contribution is 0.558. The molecular formula is C15H16BrFN2. The van der Waals surface area contributed by atoms with Crippen LogP contribution in [0.25, 0.3) is 0 Å². The van der Waals surface area contributed by atoms with E-state index in [4.69, 9.17) is 5.84 Å². The Kier molecular flexibility index (Phi) is 4.34. The van der Waals surface area contributed by atoms with Crippen LogP contribution in [0, 0.1) is 19.7 Å². The summed E-state index contributed by atoms with van der Waals surface area (Å²) in [5, 5.41) is 0. The summed E-state index contributed by atoms with van der Waals surface area (Å²) in [5.41, 5.74) is 6.47. The minimum absolute atomic E-state index is 0.272. The van der Waals surface area contributed by atoms with Crippen molar-refractivity contribution in [2.24, 2.45) is 5.84 Å². The predicted octanol–water partition coefficient (Wildman–Crippen LogP) is 3.76. The molecule has 2 aromatic carbocycles. The molecule has 0 aliphatic heterocycles. The third-order valence-corrected chi connectivity index (χ3v) is 3.67. The summed E-state index contributed by atoms with van der Waals surface area (Å²) in [6.45, 7) is 4.03. The van der Waals surface area contributed by atoms with Crippen molar-refractivity contribution in [2.45, 2.75) is 19.9 Å². The Morgan fingerprint density at radius 3 is 2.47 bits per heavy atom. The van der Waals surface area contributed by atoms with Crippen molar-refractivity contribution in [3.8, 4) is 0 Å². The van der Waals surface area contributed by atoms with Gasteiger partial charge >= 0.3 is 0 Å². The fourth-order valence-electron chi connectivity index (χ4n) is 2.23. The van der Waals surface area contributed by atoms with E-state index < -0.39 is 0 Å². The van der Waals surface area contributed by atoms with Crippen LogP contribution in [0.5, 0.6) is 0 Å². The van der Waals surface area contributed by atoms with Gasteiger partial charge in [0.05, 0.1) is 6.04 Å². The van der Waals surface area contributed by atoms with Gasteiger partial charge in [-0.15, -0.1) is 0 Å². The summed E-state index contributed by atoms with van der Waals surface area (Å²) in [6.07, 6.45) is 0. The zero-order valence-electron chi connectivity index (χ0n) is 10.9. The number of aryl methyl sites for hydroxylation is 2. The molecule has 2 rings (SSSR count). The van der Waals surface area contributed by atoms with Gasteiger partial charge in [0, 0.05) is 10.0 Å². The highest BCUT2D eigenvalue weighted by molar-refractivity contribution is 9.10. The molecular weight excluding hydrogens is 307 g/mol. The van der Waals surface area contributed by atoms with Gasteiger partial charge in [0.2, 0.25) is 0 Å². The van der Waals surface area contributed by atoms with E-state index in [9.17, 15) is 4.39 Å². The summed E-state index contributed by atoms with van der Waals surface area (Å²) in [6, 6.07) is 10.5. The SMILES string of the molecule is Cc1ccc(C(NN)c2cc(Br)ccc2F)c(C)c1. The first-order valence-electron chi connectivity index (χ1n) is 6.01. The number of benzene rings is 2. The van der Waals surface area contributed by atoms with Crippen LogP contribution in [0.4, 0.5) is 4.39 Å². The molecule has 1 atom stereocenters. The van der Waals surface area contributed by atoms with E-state index in [-0.39, 0.29) is 11.9 Å². The summed E-state index contributed by atoms with van der Waals surface area (Å²) in [5.74, 6) is 5.36. The molecule has 0 radical (unpaired) electrons. The first-order chi connectivity index (χ1) is 9.02. The minimum atomic E-state index is -0.363. The van der Waals surface area contributed by atoms with E-state index in [0.717, 1.165) is 15.6 Å². The second-order valence-corrected chi connectivity index (χ2v) is 5.54. The van der Waals surface area contributed by atoms with Crippen LogP contribution in [-0.2, 0) is 0 Å². The lowest BCUT2D eigenvalue weighted by Crippen LogP contribution is -2.30. The maximum Gasteiger partial charge on any atom is 0.128 e. The van der Waals surface area contributed by atoms with E-state index >= 15 is 0 Å². The van der Waals surface area contributed by atoms with E-state index in [2.05, 4.69) is 27.4 Å². The molecule has 2 nitrogen and oxygen atoms in total. The van der Waals surface area contributed by atoms with Crippen LogP contribution in [-0.4, -0.2) is 0 Å². The second kappa shape index (κ2) is 5.82. The van der Waals surface area contributed by atoms with Gasteiger partial charge in [0.15, 0.2) is 0 Å². The highest BCUT2D eigenvalue weighted by Gasteiger charge is 2.18. The van der Waals surface area contributed by atoms with Gasteiger partial charge in [-0.25, -0.2) is 9.82 Å². The molecule has 19 heavy (non-hydrogen) atoms. The molecule has 2 aromatic rings. The first-order valence-corrected chi connectivity index (χ1v) is 6.80. The monoisotopic (exact) mass is 322 g/mol. The van der Waals surface area contributed by atoms with Gasteiger partial charge in [-0.2, -0.15) is 0 Å². The van der Waals surface area contributed by atoms with Crippen molar-refractivity contribution >= 4 is 15.9 Å². The number of halogens is 2. The molecule has 0 amide bonds. The topological polar surface area (TPSA) is 38.0 Å². The average molecular weight is 323 g/mol. The van der Waals surface area contributed by atoms with Crippen molar-refractivity contribution in [3.63, 3.8) is 0 Å². The largest absolute Gasteiger partial charge is 0.271 e. The Hall–Kier alpha value is -1.23. The molecule has 0 saturated heterocycles. The van der Waals surface area contributed by atoms with E-state index in [1.807, 2.05) is 26.0 Å². The molecule has 0 aromatic heterocycles. The minimum Gasteiger partial charge on any atom is -0.271 e. The number of hydrogen-bond donors (Lipinski definition) is 2. The summed E-state index contributed by atoms with van der Waals surface area (Å²) < 4.78 is 14.8. The van der Waals surface area contributed by atoms with E-state index in [0.29, 0.717) is 5.56 Å². The number of nitrogens with two attached hydrogens (primary N) is 1. The zero-order valence-corrected chi connectivity index (χ0v) is 12.5. The van der Waals surface area contributed by atoms with Gasteiger partial charge in [-0.05, 0) is 43.2 Å². The Bertz CT molecular complexity index is 599. The molecule has 1 unspecified atom stereocenters. The van der Waals surface area contributed by atoms with Gasteiger partial charge in [-0.3, -0.25) is 5.84 Å². The fraction of sp³-hybridized carbons (Fsp3) is 0.200. The second-order valence-electron chi connectivity index (χ2n) is 4.63. The van der Waals surface area contributed by atoms with Gasteiger partial charge in [0.1, 0.15) is 5.82 Å². The standard InChI is InChI=1S/C15H16BrFN2/c1-9-3-5-12(10(2)7-9)15(19-18)13-8-11(16)4-6-14(13)17/h3-8,15,19H,18H2,1-2H3. The fourth-order valence-corrected chi connectivity index (χ4v) is 2.61. The Morgan fingerprint density at radius 2 is 1.84 bits per heavy atom. The van der Waals surface area contributed by atoms with E-state index in [1.165, 1.54) is 11.6 Å². The van der Waals surface area contributed by atoms with Gasteiger partial charge in [-0.1, -0.05) is 39.7 Å². The van der Waals surface area contributed by atoms with Crippen molar-refractivity contribution in [2.75, 3.05) is 0 Å². The van der Waals surface area contributed by atoms with Crippen LogP contribution in [0.2, 0.25) is 0 Å². The number of nitrogens with one attached hydrogen (secondary N) is 1. The highest BCUT2D eigenvalue weighted by atomic mass is 79.9. The van der Waals surface area contributed by atoms with Crippen molar-refractivity contribution < 1.29 is 4.39 Å². The zero-order chi connectivity index (χ0) is 14.0. The highest BCUT2D eigenvalue weighted by Crippen LogP contribution is 2.28. The summed E-state index contributed by atoms with van der Waals surface area (Å²) >= 11 is 3.36. The van der Waals surface area contributed by atoms with Crippen molar-refractivity contribution in [3.05, 3.63) is 68.9 Å². The molecule has 100 valence electrons.